The third kappa shape index (κ3) is 3.87. The van der Waals surface area contributed by atoms with Crippen molar-refractivity contribution in [2.45, 2.75) is 39.5 Å². The van der Waals surface area contributed by atoms with E-state index in [1.165, 1.54) is 0 Å². The Bertz CT molecular complexity index is 1080. The highest BCUT2D eigenvalue weighted by Gasteiger charge is 2.33. The first kappa shape index (κ1) is 20.3. The van der Waals surface area contributed by atoms with Crippen LogP contribution in [0.1, 0.15) is 32.0 Å². The van der Waals surface area contributed by atoms with Gasteiger partial charge in [0.1, 0.15) is 17.0 Å². The lowest BCUT2D eigenvalue weighted by atomic mass is 10.1. The summed E-state index contributed by atoms with van der Waals surface area (Å²) in [5.74, 6) is 0.720. The van der Waals surface area contributed by atoms with Crippen LogP contribution >= 0.6 is 11.6 Å². The maximum absolute atomic E-state index is 12.6. The number of amides is 1. The van der Waals surface area contributed by atoms with Gasteiger partial charge in [-0.25, -0.2) is 9.48 Å². The number of aromatic nitrogens is 2. The first-order valence-electron chi connectivity index (χ1n) is 9.75. The molecule has 2 aromatic carbocycles. The van der Waals surface area contributed by atoms with Gasteiger partial charge in [0.25, 0.3) is 0 Å². The molecule has 0 N–H and O–H groups in total. The molecule has 0 saturated carbocycles. The predicted molar refractivity (Wildman–Crippen MR) is 116 cm³/mol. The molecular weight excluding hydrogens is 402 g/mol. The summed E-state index contributed by atoms with van der Waals surface area (Å²) >= 11 is 6.11. The molecule has 0 aliphatic carbocycles. The van der Waals surface area contributed by atoms with Crippen molar-refractivity contribution in [3.8, 4) is 22.7 Å². The largest absolute Gasteiger partial charge is 0.494 e. The topological polar surface area (TPSA) is 56.6 Å². The van der Waals surface area contributed by atoms with Crippen LogP contribution in [0.25, 0.3) is 16.9 Å². The summed E-state index contributed by atoms with van der Waals surface area (Å²) in [7, 11) is 1.64. The quantitative estimate of drug-likeness (QED) is 0.559. The molecule has 0 radical (unpaired) electrons. The van der Waals surface area contributed by atoms with E-state index >= 15 is 0 Å². The average Bonchev–Trinajstić information content (AvgIpc) is 3.25. The monoisotopic (exact) mass is 425 g/mol. The minimum Gasteiger partial charge on any atom is -0.494 e. The smallest absolute Gasteiger partial charge is 0.410 e. The number of hydrogen-bond acceptors (Lipinski definition) is 4. The molecule has 3 aromatic rings. The molecule has 2 heterocycles. The number of ether oxygens (including phenoxy) is 2. The van der Waals surface area contributed by atoms with Crippen molar-refractivity contribution in [2.24, 2.45) is 0 Å². The Morgan fingerprint density at radius 2 is 1.77 bits per heavy atom. The normalized spacial score (nSPS) is 13.3. The number of rotatable bonds is 3. The van der Waals surface area contributed by atoms with Crippen molar-refractivity contribution >= 4 is 17.7 Å². The molecule has 0 atom stereocenters. The number of halogens is 1. The minimum atomic E-state index is -0.548. The maximum atomic E-state index is 12.6. The van der Waals surface area contributed by atoms with Gasteiger partial charge in [0, 0.05) is 16.1 Å². The van der Waals surface area contributed by atoms with Crippen LogP contribution in [-0.4, -0.2) is 33.5 Å². The molecule has 1 aromatic heterocycles. The second-order valence-corrected chi connectivity index (χ2v) is 8.64. The van der Waals surface area contributed by atoms with Crippen molar-refractivity contribution in [1.82, 2.24) is 14.7 Å². The van der Waals surface area contributed by atoms with Crippen molar-refractivity contribution in [2.75, 3.05) is 7.11 Å². The van der Waals surface area contributed by atoms with E-state index in [0.717, 1.165) is 34.0 Å². The lowest BCUT2D eigenvalue weighted by Gasteiger charge is -2.24. The third-order valence-corrected chi connectivity index (χ3v) is 5.09. The van der Waals surface area contributed by atoms with Crippen LogP contribution in [-0.2, 0) is 17.8 Å². The Labute approximate surface area is 181 Å². The van der Waals surface area contributed by atoms with Gasteiger partial charge in [-0.3, -0.25) is 4.90 Å². The van der Waals surface area contributed by atoms with E-state index < -0.39 is 5.60 Å². The van der Waals surface area contributed by atoms with E-state index in [0.29, 0.717) is 18.1 Å². The Kier molecular flexibility index (Phi) is 5.20. The van der Waals surface area contributed by atoms with E-state index in [4.69, 9.17) is 26.2 Å². The molecule has 30 heavy (non-hydrogen) atoms. The molecular formula is C23H24ClN3O3. The van der Waals surface area contributed by atoms with Crippen molar-refractivity contribution in [1.29, 1.82) is 0 Å². The number of carbonyl (C=O) groups excluding carboxylic acids is 1. The number of fused-ring (bicyclic) bond motifs is 1. The molecule has 4 rings (SSSR count). The fourth-order valence-electron chi connectivity index (χ4n) is 3.56. The summed E-state index contributed by atoms with van der Waals surface area (Å²) < 4.78 is 13.0. The Morgan fingerprint density at radius 1 is 1.07 bits per heavy atom. The second kappa shape index (κ2) is 7.69. The number of hydrogen-bond donors (Lipinski definition) is 0. The molecule has 1 aliphatic heterocycles. The lowest BCUT2D eigenvalue weighted by Crippen LogP contribution is -2.33. The van der Waals surface area contributed by atoms with Gasteiger partial charge < -0.3 is 9.47 Å². The van der Waals surface area contributed by atoms with Crippen LogP contribution in [0.15, 0.2) is 48.5 Å². The number of nitrogens with zero attached hydrogens (tertiary/aromatic N) is 3. The zero-order valence-electron chi connectivity index (χ0n) is 17.5. The predicted octanol–water partition coefficient (Wildman–Crippen LogP) is 5.45. The zero-order chi connectivity index (χ0) is 21.5. The zero-order valence-corrected chi connectivity index (χ0v) is 18.2. The Balaban J connectivity index is 1.79. The number of para-hydroxylation sites is 2. The highest BCUT2D eigenvalue weighted by molar-refractivity contribution is 6.30. The van der Waals surface area contributed by atoms with Crippen LogP contribution in [0.3, 0.4) is 0 Å². The van der Waals surface area contributed by atoms with Crippen LogP contribution < -0.4 is 4.74 Å². The molecule has 156 valence electrons. The summed E-state index contributed by atoms with van der Waals surface area (Å²) in [4.78, 5) is 14.3. The molecule has 1 aliphatic rings. The molecule has 0 spiro atoms. The Morgan fingerprint density at radius 3 is 2.43 bits per heavy atom. The van der Waals surface area contributed by atoms with Crippen LogP contribution in [0, 0.1) is 0 Å². The molecule has 0 fully saturated rings. The summed E-state index contributed by atoms with van der Waals surface area (Å²) in [6, 6.07) is 15.4. The molecule has 6 nitrogen and oxygen atoms in total. The van der Waals surface area contributed by atoms with E-state index in [2.05, 4.69) is 0 Å². The molecule has 0 saturated heterocycles. The van der Waals surface area contributed by atoms with E-state index in [9.17, 15) is 4.79 Å². The van der Waals surface area contributed by atoms with Gasteiger partial charge in [-0.05, 0) is 45.0 Å². The molecule has 0 unspecified atom stereocenters. The highest BCUT2D eigenvalue weighted by Crippen LogP contribution is 2.37. The summed E-state index contributed by atoms with van der Waals surface area (Å²) in [5, 5.41) is 5.51. The van der Waals surface area contributed by atoms with Crippen molar-refractivity contribution in [3.63, 3.8) is 0 Å². The number of benzene rings is 2. The first-order chi connectivity index (χ1) is 14.3. The fourth-order valence-corrected chi connectivity index (χ4v) is 3.68. The molecule has 7 heteroatoms. The van der Waals surface area contributed by atoms with Crippen LogP contribution in [0.2, 0.25) is 5.02 Å². The minimum absolute atomic E-state index is 0.341. The average molecular weight is 426 g/mol. The SMILES string of the molecule is COc1ccccc1-n1nc2c(c1-c1ccc(Cl)cc1)CN(C(=O)OC(C)(C)C)C2. The summed E-state index contributed by atoms with van der Waals surface area (Å²) in [6.45, 7) is 6.41. The lowest BCUT2D eigenvalue weighted by molar-refractivity contribution is 0.0239. The van der Waals surface area contributed by atoms with Crippen LogP contribution in [0.4, 0.5) is 4.79 Å². The van der Waals surface area contributed by atoms with Crippen LogP contribution in [0.5, 0.6) is 5.75 Å². The van der Waals surface area contributed by atoms with Gasteiger partial charge in [0.05, 0.1) is 31.6 Å². The highest BCUT2D eigenvalue weighted by atomic mass is 35.5. The van der Waals surface area contributed by atoms with E-state index in [-0.39, 0.29) is 6.09 Å². The van der Waals surface area contributed by atoms with Gasteiger partial charge >= 0.3 is 6.09 Å². The third-order valence-electron chi connectivity index (χ3n) is 4.84. The Hall–Kier alpha value is -2.99. The van der Waals surface area contributed by atoms with Crippen molar-refractivity contribution in [3.05, 3.63) is 64.8 Å². The first-order valence-corrected chi connectivity index (χ1v) is 10.1. The van der Waals surface area contributed by atoms with E-state index in [1.54, 1.807) is 12.0 Å². The number of carbonyl (C=O) groups is 1. The summed E-state index contributed by atoms with van der Waals surface area (Å²) in [5.41, 5.74) is 4.00. The van der Waals surface area contributed by atoms with Gasteiger partial charge in [0.2, 0.25) is 0 Å². The molecule has 1 amide bonds. The van der Waals surface area contributed by atoms with Gasteiger partial charge in [0.15, 0.2) is 0 Å². The van der Waals surface area contributed by atoms with Gasteiger partial charge in [-0.1, -0.05) is 35.9 Å². The standard InChI is InChI=1S/C23H24ClN3O3/c1-23(2,3)30-22(28)26-13-17-18(14-26)25-27(19-7-5-6-8-20(19)29-4)21(17)15-9-11-16(24)12-10-15/h5-12H,13-14H2,1-4H3. The maximum Gasteiger partial charge on any atom is 0.410 e. The fraction of sp³-hybridized carbons (Fsp3) is 0.304. The van der Waals surface area contributed by atoms with Crippen molar-refractivity contribution < 1.29 is 14.3 Å². The van der Waals surface area contributed by atoms with Gasteiger partial charge in [-0.2, -0.15) is 5.10 Å². The van der Waals surface area contributed by atoms with Gasteiger partial charge in [-0.15, -0.1) is 0 Å². The summed E-state index contributed by atoms with van der Waals surface area (Å²) in [6.07, 6.45) is -0.341. The number of methoxy groups -OCH3 is 1. The van der Waals surface area contributed by atoms with E-state index in [1.807, 2.05) is 74.0 Å². The second-order valence-electron chi connectivity index (χ2n) is 8.20. The molecule has 0 bridgehead atoms.